The fourth-order valence-corrected chi connectivity index (χ4v) is 2.13. The summed E-state index contributed by atoms with van der Waals surface area (Å²) < 4.78 is 10.3. The zero-order chi connectivity index (χ0) is 12.0. The third-order valence-corrected chi connectivity index (χ3v) is 3.29. The first-order valence-corrected chi connectivity index (χ1v) is 5.71. The Morgan fingerprint density at radius 2 is 2.38 bits per heavy atom. The summed E-state index contributed by atoms with van der Waals surface area (Å²) >= 11 is 0. The highest BCUT2D eigenvalue weighted by atomic mass is 16.5. The maximum absolute atomic E-state index is 12.2. The minimum Gasteiger partial charge on any atom is -0.383 e. The fourth-order valence-electron chi connectivity index (χ4n) is 2.13. The van der Waals surface area contributed by atoms with Crippen molar-refractivity contribution in [3.8, 4) is 0 Å². The summed E-state index contributed by atoms with van der Waals surface area (Å²) in [6.45, 7) is 4.37. The van der Waals surface area contributed by atoms with Crippen LogP contribution in [0.25, 0.3) is 0 Å². The van der Waals surface area contributed by atoms with Gasteiger partial charge < -0.3 is 20.1 Å². The zero-order valence-corrected chi connectivity index (χ0v) is 10.3. The van der Waals surface area contributed by atoms with Crippen LogP contribution in [-0.2, 0) is 14.3 Å². The lowest BCUT2D eigenvalue weighted by molar-refractivity contribution is -0.135. The summed E-state index contributed by atoms with van der Waals surface area (Å²) in [6.07, 6.45) is 0.712. The van der Waals surface area contributed by atoms with Crippen LogP contribution in [0.5, 0.6) is 0 Å². The lowest BCUT2D eigenvalue weighted by Gasteiger charge is -2.40. The number of carbonyl (C=O) groups is 1. The largest absolute Gasteiger partial charge is 0.383 e. The van der Waals surface area contributed by atoms with Gasteiger partial charge in [0.15, 0.2) is 0 Å². The highest BCUT2D eigenvalue weighted by Gasteiger charge is 2.43. The van der Waals surface area contributed by atoms with Gasteiger partial charge in [0.2, 0.25) is 5.91 Å². The average molecular weight is 230 g/mol. The van der Waals surface area contributed by atoms with Gasteiger partial charge in [-0.15, -0.1) is 0 Å². The van der Waals surface area contributed by atoms with Crippen molar-refractivity contribution in [2.45, 2.75) is 18.9 Å². The number of nitrogens with one attached hydrogen (secondary N) is 2. The number of methoxy groups -OCH3 is 1. The Morgan fingerprint density at radius 3 is 2.94 bits per heavy atom. The molecule has 0 spiro atoms. The summed E-state index contributed by atoms with van der Waals surface area (Å²) in [5, 5.41) is 6.05. The van der Waals surface area contributed by atoms with Crippen LogP contribution >= 0.6 is 0 Å². The molecule has 94 valence electrons. The number of ether oxygens (including phenoxy) is 2. The van der Waals surface area contributed by atoms with Crippen molar-refractivity contribution in [3.63, 3.8) is 0 Å². The number of carbonyl (C=O) groups excluding carboxylic acids is 1. The van der Waals surface area contributed by atoms with E-state index in [4.69, 9.17) is 9.47 Å². The Bertz CT molecular complexity index is 235. The number of hydrogen-bond acceptors (Lipinski definition) is 4. The number of hydrogen-bond donors (Lipinski definition) is 2. The molecule has 0 aliphatic carbocycles. The molecule has 0 radical (unpaired) electrons. The summed E-state index contributed by atoms with van der Waals surface area (Å²) in [5.74, 6) is 0.219. The van der Waals surface area contributed by atoms with Gasteiger partial charge in [0, 0.05) is 26.2 Å². The van der Waals surface area contributed by atoms with Crippen molar-refractivity contribution < 1.29 is 14.3 Å². The van der Waals surface area contributed by atoms with Gasteiger partial charge >= 0.3 is 0 Å². The van der Waals surface area contributed by atoms with Crippen LogP contribution in [0, 0.1) is 5.92 Å². The van der Waals surface area contributed by atoms with E-state index < -0.39 is 5.54 Å². The van der Waals surface area contributed by atoms with Crippen LogP contribution in [0.15, 0.2) is 0 Å². The molecule has 1 heterocycles. The van der Waals surface area contributed by atoms with Crippen LogP contribution in [0.3, 0.4) is 0 Å². The van der Waals surface area contributed by atoms with E-state index in [1.54, 1.807) is 7.11 Å². The smallest absolute Gasteiger partial charge is 0.240 e. The molecule has 5 heteroatoms. The van der Waals surface area contributed by atoms with E-state index in [2.05, 4.69) is 10.6 Å². The highest BCUT2D eigenvalue weighted by Crippen LogP contribution is 2.26. The Morgan fingerprint density at radius 1 is 1.62 bits per heavy atom. The third kappa shape index (κ3) is 2.72. The molecular weight excluding hydrogens is 208 g/mol. The Labute approximate surface area is 96.9 Å². The van der Waals surface area contributed by atoms with E-state index >= 15 is 0 Å². The van der Waals surface area contributed by atoms with Crippen molar-refractivity contribution in [2.75, 3.05) is 40.5 Å². The van der Waals surface area contributed by atoms with Crippen molar-refractivity contribution in [3.05, 3.63) is 0 Å². The highest BCUT2D eigenvalue weighted by molar-refractivity contribution is 5.86. The van der Waals surface area contributed by atoms with Crippen molar-refractivity contribution >= 4 is 5.91 Å². The van der Waals surface area contributed by atoms with Gasteiger partial charge in [0.05, 0.1) is 13.2 Å². The molecule has 0 aromatic rings. The molecule has 16 heavy (non-hydrogen) atoms. The normalized spacial score (nSPS) is 30.1. The van der Waals surface area contributed by atoms with Crippen LogP contribution in [0.1, 0.15) is 13.3 Å². The summed E-state index contributed by atoms with van der Waals surface area (Å²) in [6, 6.07) is 0. The molecule has 5 nitrogen and oxygen atoms in total. The topological polar surface area (TPSA) is 59.6 Å². The first-order valence-electron chi connectivity index (χ1n) is 5.71. The van der Waals surface area contributed by atoms with E-state index in [0.717, 1.165) is 0 Å². The van der Waals surface area contributed by atoms with Crippen LogP contribution in [0.2, 0.25) is 0 Å². The van der Waals surface area contributed by atoms with Gasteiger partial charge in [-0.05, 0) is 13.5 Å². The van der Waals surface area contributed by atoms with Crippen molar-refractivity contribution in [1.29, 1.82) is 0 Å². The van der Waals surface area contributed by atoms with Crippen molar-refractivity contribution in [1.82, 2.24) is 10.6 Å². The number of rotatable bonds is 5. The zero-order valence-electron chi connectivity index (χ0n) is 10.3. The average Bonchev–Trinajstić information content (AvgIpc) is 2.30. The second-order valence-electron chi connectivity index (χ2n) is 4.20. The molecule has 2 atom stereocenters. The summed E-state index contributed by atoms with van der Waals surface area (Å²) in [7, 11) is 3.45. The lowest BCUT2D eigenvalue weighted by Crippen LogP contribution is -2.63. The predicted octanol–water partition coefficient (Wildman–Crippen LogP) is -0.236. The molecule has 1 fully saturated rings. The van der Waals surface area contributed by atoms with E-state index in [1.807, 2.05) is 14.0 Å². The van der Waals surface area contributed by atoms with E-state index in [9.17, 15) is 4.79 Å². The van der Waals surface area contributed by atoms with Crippen molar-refractivity contribution in [2.24, 2.45) is 5.92 Å². The maximum atomic E-state index is 12.2. The quantitative estimate of drug-likeness (QED) is 0.640. The standard InChI is InChI=1S/C11H22N2O3/c1-9-8-16-6-4-11(9,12-2)10(14)13-5-7-15-3/h9,12H,4-8H2,1-3H3,(H,13,14)/t9-,11?/m1/s1. The molecule has 1 aliphatic heterocycles. The number of amides is 1. The van der Waals surface area contributed by atoms with Crippen LogP contribution in [0.4, 0.5) is 0 Å². The second kappa shape index (κ2) is 6.18. The first kappa shape index (κ1) is 13.4. The Kier molecular flexibility index (Phi) is 5.18. The molecule has 1 amide bonds. The van der Waals surface area contributed by atoms with Gasteiger partial charge in [-0.3, -0.25) is 4.79 Å². The second-order valence-corrected chi connectivity index (χ2v) is 4.20. The lowest BCUT2D eigenvalue weighted by atomic mass is 9.80. The molecule has 1 unspecified atom stereocenters. The molecule has 0 aromatic heterocycles. The Hall–Kier alpha value is -0.650. The molecule has 0 aromatic carbocycles. The van der Waals surface area contributed by atoms with Crippen LogP contribution < -0.4 is 10.6 Å². The minimum atomic E-state index is -0.494. The fraction of sp³-hybridized carbons (Fsp3) is 0.909. The van der Waals surface area contributed by atoms with Gasteiger partial charge in [-0.25, -0.2) is 0 Å². The molecule has 1 aliphatic rings. The SMILES string of the molecule is CNC1(C(=O)NCCOC)CCOC[C@H]1C. The molecule has 1 saturated heterocycles. The summed E-state index contributed by atoms with van der Waals surface area (Å²) in [5.41, 5.74) is -0.494. The Balaban J connectivity index is 2.59. The number of likely N-dealkylation sites (N-methyl/N-ethyl adjacent to an activating group) is 1. The van der Waals surface area contributed by atoms with Gasteiger partial charge in [-0.1, -0.05) is 6.92 Å². The molecule has 0 bridgehead atoms. The van der Waals surface area contributed by atoms with E-state index in [0.29, 0.717) is 32.8 Å². The molecule has 0 saturated carbocycles. The van der Waals surface area contributed by atoms with E-state index in [-0.39, 0.29) is 11.8 Å². The van der Waals surface area contributed by atoms with Crippen LogP contribution in [-0.4, -0.2) is 52.0 Å². The maximum Gasteiger partial charge on any atom is 0.240 e. The minimum absolute atomic E-state index is 0.0443. The third-order valence-electron chi connectivity index (χ3n) is 3.29. The molecule has 2 N–H and O–H groups in total. The van der Waals surface area contributed by atoms with Gasteiger partial charge in [0.1, 0.15) is 5.54 Å². The predicted molar refractivity (Wildman–Crippen MR) is 61.3 cm³/mol. The van der Waals surface area contributed by atoms with Gasteiger partial charge in [-0.2, -0.15) is 0 Å². The molecule has 1 rings (SSSR count). The monoisotopic (exact) mass is 230 g/mol. The van der Waals surface area contributed by atoms with Gasteiger partial charge in [0.25, 0.3) is 0 Å². The first-order chi connectivity index (χ1) is 7.67. The molecular formula is C11H22N2O3. The summed E-state index contributed by atoms with van der Waals surface area (Å²) in [4.78, 5) is 12.2. The van der Waals surface area contributed by atoms with E-state index in [1.165, 1.54) is 0 Å².